The maximum Gasteiger partial charge on any atom is 0.262 e. The molecule has 8 heteroatoms. The van der Waals surface area contributed by atoms with Gasteiger partial charge < -0.3 is 14.4 Å². The first-order valence-corrected chi connectivity index (χ1v) is 10.9. The number of hydrogen-bond donors (Lipinski definition) is 0. The number of carbonyl (C=O) groups is 2. The van der Waals surface area contributed by atoms with E-state index < -0.39 is 6.04 Å². The molecule has 0 fully saturated rings. The van der Waals surface area contributed by atoms with E-state index in [1.807, 2.05) is 24.3 Å². The molecule has 1 aliphatic heterocycles. The van der Waals surface area contributed by atoms with Gasteiger partial charge in [-0.15, -0.1) is 0 Å². The van der Waals surface area contributed by atoms with Gasteiger partial charge in [0.1, 0.15) is 18.1 Å². The number of methoxy groups -OCH3 is 2. The van der Waals surface area contributed by atoms with Gasteiger partial charge in [-0.05, 0) is 47.5 Å². The van der Waals surface area contributed by atoms with Crippen LogP contribution < -0.4 is 4.74 Å². The second kappa shape index (κ2) is 11.0. The Morgan fingerprint density at radius 3 is 2.36 bits per heavy atom. The minimum Gasteiger partial charge on any atom is -0.497 e. The van der Waals surface area contributed by atoms with E-state index in [1.165, 1.54) is 22.0 Å². The number of nitrogens with zero attached hydrogens (tertiary/aromatic N) is 3. The maximum atomic E-state index is 13.5. The third-order valence-corrected chi connectivity index (χ3v) is 5.54. The minimum atomic E-state index is -0.395. The Hall–Kier alpha value is -3.26. The van der Waals surface area contributed by atoms with E-state index in [4.69, 9.17) is 9.47 Å². The lowest BCUT2D eigenvalue weighted by Gasteiger charge is -2.28. The second-order valence-corrected chi connectivity index (χ2v) is 8.19. The third kappa shape index (κ3) is 5.96. The summed E-state index contributed by atoms with van der Waals surface area (Å²) >= 11 is 0. The SMILES string of the molecule is COCCN(CC(=O)N1N=C(c2ccc(OC)cc2)CC1c1ccc(F)cc1)C(=O)C(C)C. The number of rotatable bonds is 9. The predicted octanol–water partition coefficient (Wildman–Crippen LogP) is 3.64. The normalized spacial score (nSPS) is 15.5. The van der Waals surface area contributed by atoms with Gasteiger partial charge in [-0.25, -0.2) is 9.40 Å². The van der Waals surface area contributed by atoms with Crippen LogP contribution in [0.25, 0.3) is 0 Å². The van der Waals surface area contributed by atoms with Gasteiger partial charge >= 0.3 is 0 Å². The zero-order chi connectivity index (χ0) is 24.0. The second-order valence-electron chi connectivity index (χ2n) is 8.19. The molecule has 33 heavy (non-hydrogen) atoms. The third-order valence-electron chi connectivity index (χ3n) is 5.54. The van der Waals surface area contributed by atoms with Crippen LogP contribution in [0.4, 0.5) is 4.39 Å². The molecule has 0 bridgehead atoms. The van der Waals surface area contributed by atoms with E-state index in [-0.39, 0.29) is 30.1 Å². The van der Waals surface area contributed by atoms with Gasteiger partial charge in [0.15, 0.2) is 0 Å². The quantitative estimate of drug-likeness (QED) is 0.579. The Balaban J connectivity index is 1.89. The molecule has 0 saturated heterocycles. The summed E-state index contributed by atoms with van der Waals surface area (Å²) in [6, 6.07) is 13.1. The summed E-state index contributed by atoms with van der Waals surface area (Å²) in [6.07, 6.45) is 0.472. The molecule has 0 radical (unpaired) electrons. The zero-order valence-corrected chi connectivity index (χ0v) is 19.5. The molecule has 3 rings (SSSR count). The highest BCUT2D eigenvalue weighted by molar-refractivity contribution is 6.03. The van der Waals surface area contributed by atoms with Crippen molar-refractivity contribution < 1.29 is 23.5 Å². The van der Waals surface area contributed by atoms with Gasteiger partial charge in [0, 0.05) is 26.0 Å². The number of halogens is 1. The summed E-state index contributed by atoms with van der Waals surface area (Å²) in [5, 5.41) is 6.05. The van der Waals surface area contributed by atoms with Gasteiger partial charge in [-0.3, -0.25) is 9.59 Å². The van der Waals surface area contributed by atoms with Crippen LogP contribution in [0.2, 0.25) is 0 Å². The number of benzene rings is 2. The standard InChI is InChI=1S/C25H30FN3O4/c1-17(2)25(31)28(13-14-32-3)16-24(30)29-23(19-5-9-20(26)10-6-19)15-22(27-29)18-7-11-21(33-4)12-8-18/h5-12,17,23H,13-16H2,1-4H3. The fourth-order valence-corrected chi connectivity index (χ4v) is 3.71. The monoisotopic (exact) mass is 455 g/mol. The minimum absolute atomic E-state index is 0.114. The molecule has 7 nitrogen and oxygen atoms in total. The Morgan fingerprint density at radius 2 is 1.79 bits per heavy atom. The lowest BCUT2D eigenvalue weighted by molar-refractivity contribution is -0.143. The Morgan fingerprint density at radius 1 is 1.12 bits per heavy atom. The van der Waals surface area contributed by atoms with Crippen LogP contribution >= 0.6 is 0 Å². The van der Waals surface area contributed by atoms with Crippen molar-refractivity contribution in [2.24, 2.45) is 11.0 Å². The predicted molar refractivity (Wildman–Crippen MR) is 123 cm³/mol. The van der Waals surface area contributed by atoms with Crippen LogP contribution in [0.3, 0.4) is 0 Å². The van der Waals surface area contributed by atoms with Crippen molar-refractivity contribution in [1.82, 2.24) is 9.91 Å². The van der Waals surface area contributed by atoms with Gasteiger partial charge in [0.05, 0.1) is 25.5 Å². The van der Waals surface area contributed by atoms with Crippen LogP contribution in [0.5, 0.6) is 5.75 Å². The van der Waals surface area contributed by atoms with E-state index in [0.717, 1.165) is 22.6 Å². The van der Waals surface area contributed by atoms with E-state index in [1.54, 1.807) is 40.2 Å². The largest absolute Gasteiger partial charge is 0.497 e. The molecule has 1 unspecified atom stereocenters. The maximum absolute atomic E-state index is 13.5. The first-order valence-electron chi connectivity index (χ1n) is 10.9. The summed E-state index contributed by atoms with van der Waals surface area (Å²) in [7, 11) is 3.15. The van der Waals surface area contributed by atoms with Crippen molar-refractivity contribution in [2.75, 3.05) is 33.9 Å². The van der Waals surface area contributed by atoms with Crippen LogP contribution in [0, 0.1) is 11.7 Å². The topological polar surface area (TPSA) is 71.4 Å². The van der Waals surface area contributed by atoms with E-state index >= 15 is 0 Å². The molecular formula is C25H30FN3O4. The van der Waals surface area contributed by atoms with Crippen LogP contribution in [-0.4, -0.2) is 61.4 Å². The van der Waals surface area contributed by atoms with Crippen molar-refractivity contribution in [3.05, 3.63) is 65.5 Å². The smallest absolute Gasteiger partial charge is 0.262 e. The van der Waals surface area contributed by atoms with Crippen molar-refractivity contribution in [2.45, 2.75) is 26.3 Å². The number of hydrogen-bond acceptors (Lipinski definition) is 5. The summed E-state index contributed by atoms with van der Waals surface area (Å²) < 4.78 is 23.9. The van der Waals surface area contributed by atoms with E-state index in [0.29, 0.717) is 19.6 Å². The van der Waals surface area contributed by atoms with Crippen LogP contribution in [0.1, 0.15) is 37.4 Å². The Labute approximate surface area is 193 Å². The van der Waals surface area contributed by atoms with Gasteiger partial charge in [0.2, 0.25) is 5.91 Å². The lowest BCUT2D eigenvalue weighted by Crippen LogP contribution is -2.44. The highest BCUT2D eigenvalue weighted by Gasteiger charge is 2.34. The van der Waals surface area contributed by atoms with Crippen LogP contribution in [-0.2, 0) is 14.3 Å². The first-order chi connectivity index (χ1) is 15.8. The molecule has 1 atom stereocenters. The molecule has 1 aliphatic rings. The van der Waals surface area contributed by atoms with Crippen molar-refractivity contribution in [3.63, 3.8) is 0 Å². The van der Waals surface area contributed by atoms with Crippen LogP contribution in [0.15, 0.2) is 53.6 Å². The average molecular weight is 456 g/mol. The highest BCUT2D eigenvalue weighted by Crippen LogP contribution is 2.33. The van der Waals surface area contributed by atoms with Gasteiger partial charge in [0.25, 0.3) is 5.91 Å². The fraction of sp³-hybridized carbons (Fsp3) is 0.400. The summed E-state index contributed by atoms with van der Waals surface area (Å²) in [5.74, 6) is -0.310. The molecular weight excluding hydrogens is 425 g/mol. The number of amides is 2. The molecule has 2 amide bonds. The zero-order valence-electron chi connectivity index (χ0n) is 19.5. The summed E-state index contributed by atoms with van der Waals surface area (Å²) in [6.45, 7) is 4.11. The summed E-state index contributed by atoms with van der Waals surface area (Å²) in [5.41, 5.74) is 2.38. The molecule has 0 saturated carbocycles. The summed E-state index contributed by atoms with van der Waals surface area (Å²) in [4.78, 5) is 27.5. The molecule has 0 spiro atoms. The number of hydrazone groups is 1. The van der Waals surface area contributed by atoms with Gasteiger partial charge in [-0.1, -0.05) is 26.0 Å². The van der Waals surface area contributed by atoms with Crippen molar-refractivity contribution in [3.8, 4) is 5.75 Å². The molecule has 2 aromatic rings. The van der Waals surface area contributed by atoms with E-state index in [2.05, 4.69) is 5.10 Å². The molecule has 176 valence electrons. The lowest BCUT2D eigenvalue weighted by atomic mass is 9.98. The molecule has 1 heterocycles. The molecule has 2 aromatic carbocycles. The van der Waals surface area contributed by atoms with Gasteiger partial charge in [-0.2, -0.15) is 5.10 Å². The highest BCUT2D eigenvalue weighted by atomic mass is 19.1. The molecule has 0 aliphatic carbocycles. The Kier molecular flexibility index (Phi) is 8.16. The Bertz CT molecular complexity index is 990. The average Bonchev–Trinajstić information content (AvgIpc) is 3.27. The first kappa shape index (κ1) is 24.4. The molecule has 0 N–H and O–H groups in total. The number of ether oxygens (including phenoxy) is 2. The fourth-order valence-electron chi connectivity index (χ4n) is 3.71. The van der Waals surface area contributed by atoms with E-state index in [9.17, 15) is 14.0 Å². The number of carbonyl (C=O) groups excluding carboxylic acids is 2. The molecule has 0 aromatic heterocycles. The van der Waals surface area contributed by atoms with Crippen molar-refractivity contribution >= 4 is 17.5 Å². The van der Waals surface area contributed by atoms with Crippen molar-refractivity contribution in [1.29, 1.82) is 0 Å².